The molecule has 1 aromatic rings. The van der Waals surface area contributed by atoms with Gasteiger partial charge in [0.25, 0.3) is 0 Å². The Morgan fingerprint density at radius 2 is 2.29 bits per heavy atom. The molecule has 0 amide bonds. The number of aromatic nitrogens is 1. The van der Waals surface area contributed by atoms with Crippen LogP contribution in [-0.4, -0.2) is 35.7 Å². The van der Waals surface area contributed by atoms with Crippen LogP contribution in [0, 0.1) is 0 Å². The fourth-order valence-corrected chi connectivity index (χ4v) is 2.80. The highest BCUT2D eigenvalue weighted by atomic mass is 32.1. The van der Waals surface area contributed by atoms with E-state index in [9.17, 15) is 5.11 Å². The molecule has 2 rings (SSSR count). The summed E-state index contributed by atoms with van der Waals surface area (Å²) in [6, 6.07) is 0. The molecule has 1 aliphatic rings. The number of hydrogen-bond donors (Lipinski definition) is 1. The quantitative estimate of drug-likeness (QED) is 0.815. The average molecular weight is 212 g/mol. The van der Waals surface area contributed by atoms with Crippen molar-refractivity contribution < 1.29 is 5.11 Å². The van der Waals surface area contributed by atoms with Gasteiger partial charge in [-0.05, 0) is 26.9 Å². The van der Waals surface area contributed by atoms with E-state index in [1.807, 2.05) is 6.20 Å². The van der Waals surface area contributed by atoms with Gasteiger partial charge in [0.15, 0.2) is 0 Å². The van der Waals surface area contributed by atoms with Gasteiger partial charge in [-0.2, -0.15) is 0 Å². The first kappa shape index (κ1) is 10.1. The molecule has 0 radical (unpaired) electrons. The lowest BCUT2D eigenvalue weighted by atomic mass is 10.1. The van der Waals surface area contributed by atoms with Crippen LogP contribution >= 0.6 is 11.3 Å². The Hall–Kier alpha value is -0.450. The first-order valence-electron chi connectivity index (χ1n) is 4.87. The molecule has 1 fully saturated rings. The Balaban J connectivity index is 2.10. The lowest BCUT2D eigenvalue weighted by Crippen LogP contribution is -2.11. The molecule has 0 unspecified atom stereocenters. The van der Waals surface area contributed by atoms with Crippen molar-refractivity contribution in [2.75, 3.05) is 20.7 Å². The van der Waals surface area contributed by atoms with E-state index in [-0.39, 0.29) is 12.0 Å². The Bertz CT molecular complexity index is 318. The second-order valence-electron chi connectivity index (χ2n) is 4.31. The molecule has 1 N–H and O–H groups in total. The van der Waals surface area contributed by atoms with Crippen LogP contribution in [-0.2, 0) is 12.0 Å². The molecule has 1 saturated carbocycles. The van der Waals surface area contributed by atoms with Crippen LogP contribution in [0.1, 0.15) is 22.7 Å². The maximum atomic E-state index is 9.26. The highest BCUT2D eigenvalue weighted by Gasteiger charge is 2.46. The van der Waals surface area contributed by atoms with E-state index in [0.29, 0.717) is 0 Å². The fraction of sp³-hybridized carbons (Fsp3) is 0.700. The van der Waals surface area contributed by atoms with Crippen molar-refractivity contribution in [3.8, 4) is 0 Å². The lowest BCUT2D eigenvalue weighted by Gasteiger charge is -2.07. The predicted octanol–water partition coefficient (Wildman–Crippen LogP) is 1.23. The molecule has 0 bridgehead atoms. The number of aliphatic hydroxyl groups excluding tert-OH is 1. The van der Waals surface area contributed by atoms with Crippen molar-refractivity contribution in [1.82, 2.24) is 9.88 Å². The first-order chi connectivity index (χ1) is 6.66. The number of nitrogens with zero attached hydrogens (tertiary/aromatic N) is 2. The highest BCUT2D eigenvalue weighted by Crippen LogP contribution is 2.48. The van der Waals surface area contributed by atoms with Crippen LogP contribution in [0.15, 0.2) is 6.20 Å². The molecule has 0 spiro atoms. The van der Waals surface area contributed by atoms with Crippen molar-refractivity contribution in [3.05, 3.63) is 16.1 Å². The van der Waals surface area contributed by atoms with Crippen LogP contribution in [0.2, 0.25) is 0 Å². The number of rotatable bonds is 4. The maximum absolute atomic E-state index is 9.26. The molecule has 78 valence electrons. The summed E-state index contributed by atoms with van der Waals surface area (Å²) in [5.74, 6) is 0. The Kier molecular flexibility index (Phi) is 2.60. The van der Waals surface area contributed by atoms with Gasteiger partial charge < -0.3 is 10.0 Å². The van der Waals surface area contributed by atoms with Gasteiger partial charge in [0.1, 0.15) is 5.01 Å². The number of thiazole rings is 1. The van der Waals surface area contributed by atoms with Crippen LogP contribution < -0.4 is 0 Å². The van der Waals surface area contributed by atoms with Gasteiger partial charge in [-0.3, -0.25) is 0 Å². The highest BCUT2D eigenvalue weighted by molar-refractivity contribution is 7.11. The number of aliphatic hydroxyl groups is 1. The van der Waals surface area contributed by atoms with E-state index in [1.54, 1.807) is 11.3 Å². The lowest BCUT2D eigenvalue weighted by molar-refractivity contribution is 0.255. The summed E-state index contributed by atoms with van der Waals surface area (Å²) < 4.78 is 0. The summed E-state index contributed by atoms with van der Waals surface area (Å²) in [4.78, 5) is 7.82. The van der Waals surface area contributed by atoms with Gasteiger partial charge >= 0.3 is 0 Å². The van der Waals surface area contributed by atoms with Crippen LogP contribution in [0.5, 0.6) is 0 Å². The van der Waals surface area contributed by atoms with Gasteiger partial charge in [-0.15, -0.1) is 11.3 Å². The van der Waals surface area contributed by atoms with Gasteiger partial charge in [0.05, 0.1) is 6.61 Å². The molecular weight excluding hydrogens is 196 g/mol. The summed E-state index contributed by atoms with van der Waals surface area (Å²) in [6.07, 6.45) is 4.13. The molecule has 3 nitrogen and oxygen atoms in total. The molecule has 0 saturated heterocycles. The largest absolute Gasteiger partial charge is 0.395 e. The Morgan fingerprint density at radius 3 is 2.79 bits per heavy atom. The van der Waals surface area contributed by atoms with Gasteiger partial charge in [0.2, 0.25) is 0 Å². The van der Waals surface area contributed by atoms with E-state index in [2.05, 4.69) is 24.0 Å². The summed E-state index contributed by atoms with van der Waals surface area (Å²) in [5.41, 5.74) is 0.0369. The topological polar surface area (TPSA) is 36.4 Å². The van der Waals surface area contributed by atoms with Crippen molar-refractivity contribution in [2.24, 2.45) is 0 Å². The first-order valence-corrected chi connectivity index (χ1v) is 5.69. The monoisotopic (exact) mass is 212 g/mol. The summed E-state index contributed by atoms with van der Waals surface area (Å²) in [5, 5.41) is 10.4. The number of hydrogen-bond acceptors (Lipinski definition) is 4. The van der Waals surface area contributed by atoms with E-state index >= 15 is 0 Å². The van der Waals surface area contributed by atoms with E-state index < -0.39 is 0 Å². The molecule has 0 aromatic carbocycles. The smallest absolute Gasteiger partial charge is 0.101 e. The predicted molar refractivity (Wildman–Crippen MR) is 57.5 cm³/mol. The van der Waals surface area contributed by atoms with Crippen LogP contribution in [0.25, 0.3) is 0 Å². The van der Waals surface area contributed by atoms with Crippen molar-refractivity contribution >= 4 is 11.3 Å². The van der Waals surface area contributed by atoms with Crippen LogP contribution in [0.3, 0.4) is 0 Å². The van der Waals surface area contributed by atoms with Gasteiger partial charge in [-0.1, -0.05) is 0 Å². The fourth-order valence-electron chi connectivity index (χ4n) is 1.53. The minimum atomic E-state index is 0.0369. The van der Waals surface area contributed by atoms with E-state index in [1.165, 1.54) is 4.88 Å². The third-order valence-corrected chi connectivity index (χ3v) is 3.86. The molecule has 0 aliphatic heterocycles. The third kappa shape index (κ3) is 1.82. The summed E-state index contributed by atoms with van der Waals surface area (Å²) >= 11 is 1.74. The summed E-state index contributed by atoms with van der Waals surface area (Å²) in [7, 11) is 4.11. The SMILES string of the molecule is CN(C)Cc1cnc(C2(CO)CC2)s1. The minimum absolute atomic E-state index is 0.0369. The molecule has 1 aliphatic carbocycles. The Morgan fingerprint density at radius 1 is 1.57 bits per heavy atom. The van der Waals surface area contributed by atoms with Crippen molar-refractivity contribution in [3.63, 3.8) is 0 Å². The average Bonchev–Trinajstić information content (AvgIpc) is 2.81. The zero-order chi connectivity index (χ0) is 10.2. The molecule has 14 heavy (non-hydrogen) atoms. The van der Waals surface area contributed by atoms with E-state index in [4.69, 9.17) is 0 Å². The normalized spacial score (nSPS) is 18.9. The Labute approximate surface area is 88.4 Å². The zero-order valence-electron chi connectivity index (χ0n) is 8.66. The minimum Gasteiger partial charge on any atom is -0.395 e. The molecule has 1 aromatic heterocycles. The zero-order valence-corrected chi connectivity index (χ0v) is 9.47. The molecule has 4 heteroatoms. The summed E-state index contributed by atoms with van der Waals surface area (Å²) in [6.45, 7) is 1.20. The van der Waals surface area contributed by atoms with Crippen molar-refractivity contribution in [1.29, 1.82) is 0 Å². The molecule has 1 heterocycles. The van der Waals surface area contributed by atoms with E-state index in [0.717, 1.165) is 24.4 Å². The van der Waals surface area contributed by atoms with Gasteiger partial charge in [-0.25, -0.2) is 4.98 Å². The maximum Gasteiger partial charge on any atom is 0.101 e. The van der Waals surface area contributed by atoms with Crippen LogP contribution in [0.4, 0.5) is 0 Å². The van der Waals surface area contributed by atoms with Gasteiger partial charge in [0, 0.05) is 23.0 Å². The molecule has 0 atom stereocenters. The second-order valence-corrected chi connectivity index (χ2v) is 5.42. The second kappa shape index (κ2) is 3.61. The third-order valence-electron chi connectivity index (χ3n) is 2.64. The van der Waals surface area contributed by atoms with Crippen molar-refractivity contribution in [2.45, 2.75) is 24.8 Å². The standard InChI is InChI=1S/C10H16N2OS/c1-12(2)6-8-5-11-9(14-8)10(7-13)3-4-10/h5,13H,3-4,6-7H2,1-2H3. The molecular formula is C10H16N2OS.